The van der Waals surface area contributed by atoms with E-state index in [1.54, 1.807) is 42.2 Å². The van der Waals surface area contributed by atoms with Gasteiger partial charge in [0.2, 0.25) is 0 Å². The highest BCUT2D eigenvalue weighted by molar-refractivity contribution is 7.90. The third-order valence-corrected chi connectivity index (χ3v) is 8.92. The van der Waals surface area contributed by atoms with Crippen LogP contribution in [-0.4, -0.2) is 72.4 Å². The van der Waals surface area contributed by atoms with Crippen LogP contribution in [0.1, 0.15) is 51.7 Å². The highest BCUT2D eigenvalue weighted by Crippen LogP contribution is 2.45. The molecule has 1 N–H and O–H groups in total. The average Bonchev–Trinajstić information content (AvgIpc) is 3.08. The third kappa shape index (κ3) is 5.39. The number of carbonyl (C=O) groups excluding carboxylic acids is 2. The molecular formula is C29H35ClN2O6S. The van der Waals surface area contributed by atoms with E-state index in [-0.39, 0.29) is 47.2 Å². The number of carbonyl (C=O) groups is 2. The lowest BCUT2D eigenvalue weighted by Gasteiger charge is -2.41. The SMILES string of the molecule is Cc1cc(-c2cccc(S(C)(=O)=O)c2)c(Cl)cc1C1=C(O)C2(CCN(C(=O)N(C(C)C)C(C)C)CC2)OC1=O. The summed E-state index contributed by atoms with van der Waals surface area (Å²) in [4.78, 5) is 30.0. The van der Waals surface area contributed by atoms with Crippen molar-refractivity contribution in [3.63, 3.8) is 0 Å². The summed E-state index contributed by atoms with van der Waals surface area (Å²) in [6.45, 7) is 10.4. The molecule has 10 heteroatoms. The van der Waals surface area contributed by atoms with Gasteiger partial charge in [-0.05, 0) is 75.6 Å². The van der Waals surface area contributed by atoms with Crippen molar-refractivity contribution in [2.45, 2.75) is 70.0 Å². The van der Waals surface area contributed by atoms with Gasteiger partial charge in [-0.15, -0.1) is 0 Å². The van der Waals surface area contributed by atoms with Crippen molar-refractivity contribution in [3.05, 3.63) is 58.3 Å². The largest absolute Gasteiger partial charge is 0.507 e. The van der Waals surface area contributed by atoms with Gasteiger partial charge in [0.15, 0.2) is 21.2 Å². The van der Waals surface area contributed by atoms with Crippen molar-refractivity contribution in [1.29, 1.82) is 0 Å². The zero-order chi connectivity index (χ0) is 28.9. The van der Waals surface area contributed by atoms with Crippen molar-refractivity contribution in [2.75, 3.05) is 19.3 Å². The number of ether oxygens (including phenoxy) is 1. The predicted molar refractivity (Wildman–Crippen MR) is 151 cm³/mol. The standard InChI is InChI=1S/C29H35ClN2O6S/c1-17(2)32(18(3)4)28(35)31-12-10-29(11-13-31)26(33)25(27(34)38-29)22-16-24(30)23(14-19(22)5)20-8-7-9-21(15-20)39(6,36)37/h7-9,14-18,33H,10-13H2,1-6H3. The highest BCUT2D eigenvalue weighted by atomic mass is 35.5. The molecule has 2 aliphatic heterocycles. The molecule has 8 nitrogen and oxygen atoms in total. The van der Waals surface area contributed by atoms with Gasteiger partial charge in [-0.3, -0.25) is 0 Å². The first-order valence-electron chi connectivity index (χ1n) is 13.0. The number of piperidine rings is 1. The van der Waals surface area contributed by atoms with Crippen molar-refractivity contribution >= 4 is 39.0 Å². The van der Waals surface area contributed by atoms with Gasteiger partial charge < -0.3 is 19.6 Å². The third-order valence-electron chi connectivity index (χ3n) is 7.49. The van der Waals surface area contributed by atoms with E-state index in [9.17, 15) is 23.1 Å². The second-order valence-electron chi connectivity index (χ2n) is 10.9. The lowest BCUT2D eigenvalue weighted by atomic mass is 9.86. The number of esters is 1. The Hall–Kier alpha value is -3.04. The Morgan fingerprint density at radius 1 is 1.08 bits per heavy atom. The summed E-state index contributed by atoms with van der Waals surface area (Å²) in [5.41, 5.74) is 1.23. The fraction of sp³-hybridized carbons (Fsp3) is 0.448. The Balaban J connectivity index is 1.63. The fourth-order valence-corrected chi connectivity index (χ4v) is 6.44. The van der Waals surface area contributed by atoms with E-state index in [1.807, 2.05) is 32.6 Å². The van der Waals surface area contributed by atoms with Crippen molar-refractivity contribution in [2.24, 2.45) is 0 Å². The van der Waals surface area contributed by atoms with Crippen LogP contribution in [0, 0.1) is 6.92 Å². The lowest BCUT2D eigenvalue weighted by Crippen LogP contribution is -2.54. The van der Waals surface area contributed by atoms with E-state index in [0.29, 0.717) is 40.4 Å². The molecule has 0 radical (unpaired) electrons. The molecule has 2 aromatic rings. The van der Waals surface area contributed by atoms with Gasteiger partial charge in [-0.25, -0.2) is 18.0 Å². The van der Waals surface area contributed by atoms with Crippen LogP contribution in [0.4, 0.5) is 4.79 Å². The summed E-state index contributed by atoms with van der Waals surface area (Å²) in [5.74, 6) is -0.778. The number of amides is 2. The Kier molecular flexibility index (Phi) is 7.80. The average molecular weight is 575 g/mol. The Labute approximate surface area is 235 Å². The zero-order valence-electron chi connectivity index (χ0n) is 23.1. The predicted octanol–water partition coefficient (Wildman–Crippen LogP) is 5.62. The van der Waals surface area contributed by atoms with Crippen molar-refractivity contribution in [3.8, 4) is 11.1 Å². The first-order valence-corrected chi connectivity index (χ1v) is 15.3. The summed E-state index contributed by atoms with van der Waals surface area (Å²) in [6.07, 6.45) is 1.71. The Bertz CT molecular complexity index is 1450. The molecule has 0 aromatic heterocycles. The molecule has 0 unspecified atom stereocenters. The van der Waals surface area contributed by atoms with E-state index < -0.39 is 21.4 Å². The number of likely N-dealkylation sites (tertiary alicyclic amines) is 1. The van der Waals surface area contributed by atoms with Crippen LogP contribution >= 0.6 is 11.6 Å². The van der Waals surface area contributed by atoms with E-state index in [4.69, 9.17) is 16.3 Å². The minimum Gasteiger partial charge on any atom is -0.507 e. The number of sulfone groups is 1. The van der Waals surface area contributed by atoms with Crippen LogP contribution in [0.5, 0.6) is 0 Å². The molecule has 4 rings (SSSR count). The maximum atomic E-state index is 13.1. The quantitative estimate of drug-likeness (QED) is 0.465. The number of hydrogen-bond acceptors (Lipinski definition) is 6. The van der Waals surface area contributed by atoms with Gasteiger partial charge in [-0.2, -0.15) is 0 Å². The number of nitrogens with zero attached hydrogens (tertiary/aromatic N) is 2. The first-order chi connectivity index (χ1) is 18.2. The van der Waals surface area contributed by atoms with Gasteiger partial charge >= 0.3 is 12.0 Å². The molecule has 1 saturated heterocycles. The van der Waals surface area contributed by atoms with Gasteiger partial charge in [-0.1, -0.05) is 23.7 Å². The molecule has 0 aliphatic carbocycles. The molecule has 1 spiro atoms. The van der Waals surface area contributed by atoms with Crippen LogP contribution in [-0.2, 0) is 19.4 Å². The second kappa shape index (κ2) is 10.5. The molecule has 39 heavy (non-hydrogen) atoms. The summed E-state index contributed by atoms with van der Waals surface area (Å²) in [7, 11) is -3.40. The van der Waals surface area contributed by atoms with E-state index in [0.717, 1.165) is 6.26 Å². The number of benzene rings is 2. The van der Waals surface area contributed by atoms with E-state index in [2.05, 4.69) is 0 Å². The van der Waals surface area contributed by atoms with Gasteiger partial charge in [0.1, 0.15) is 5.57 Å². The van der Waals surface area contributed by atoms with Gasteiger partial charge in [0.25, 0.3) is 0 Å². The number of hydrogen-bond donors (Lipinski definition) is 1. The molecule has 0 saturated carbocycles. The van der Waals surface area contributed by atoms with Crippen molar-refractivity contribution < 1.29 is 27.9 Å². The number of aryl methyl sites for hydroxylation is 1. The van der Waals surface area contributed by atoms with Crippen molar-refractivity contribution in [1.82, 2.24) is 9.80 Å². The molecular weight excluding hydrogens is 540 g/mol. The molecule has 0 bridgehead atoms. The molecule has 2 aromatic carbocycles. The van der Waals surface area contributed by atoms with E-state index >= 15 is 0 Å². The monoisotopic (exact) mass is 574 g/mol. The minimum atomic E-state index is -3.40. The summed E-state index contributed by atoms with van der Waals surface area (Å²) in [6, 6.07) is 9.88. The number of aliphatic hydroxyl groups is 1. The maximum absolute atomic E-state index is 13.1. The molecule has 2 aliphatic rings. The van der Waals surface area contributed by atoms with Crippen LogP contribution < -0.4 is 0 Å². The number of halogens is 1. The van der Waals surface area contributed by atoms with Crippen LogP contribution in [0.2, 0.25) is 5.02 Å². The smallest absolute Gasteiger partial charge is 0.343 e. The van der Waals surface area contributed by atoms with Crippen LogP contribution in [0.15, 0.2) is 47.1 Å². The number of aliphatic hydroxyl groups excluding tert-OH is 1. The molecule has 210 valence electrons. The van der Waals surface area contributed by atoms with Crippen LogP contribution in [0.25, 0.3) is 16.7 Å². The van der Waals surface area contributed by atoms with E-state index in [1.165, 1.54) is 6.07 Å². The molecule has 1 fully saturated rings. The fourth-order valence-electron chi connectivity index (χ4n) is 5.50. The minimum absolute atomic E-state index is 0.0436. The summed E-state index contributed by atoms with van der Waals surface area (Å²) in [5, 5.41) is 11.6. The molecule has 0 atom stereocenters. The van der Waals surface area contributed by atoms with Gasteiger partial charge in [0, 0.05) is 54.9 Å². The number of rotatable bonds is 5. The topological polar surface area (TPSA) is 104 Å². The molecule has 2 heterocycles. The Morgan fingerprint density at radius 2 is 1.69 bits per heavy atom. The second-order valence-corrected chi connectivity index (χ2v) is 13.3. The van der Waals surface area contributed by atoms with Gasteiger partial charge in [0.05, 0.1) is 4.90 Å². The summed E-state index contributed by atoms with van der Waals surface area (Å²) < 4.78 is 29.8. The normalized spacial score (nSPS) is 17.4. The molecule has 2 amide bonds. The van der Waals surface area contributed by atoms with Crippen LogP contribution in [0.3, 0.4) is 0 Å². The highest BCUT2D eigenvalue weighted by Gasteiger charge is 2.51. The Morgan fingerprint density at radius 3 is 2.26 bits per heavy atom. The maximum Gasteiger partial charge on any atom is 0.343 e. The lowest BCUT2D eigenvalue weighted by molar-refractivity contribution is -0.150. The zero-order valence-corrected chi connectivity index (χ0v) is 24.7. The number of urea groups is 1. The first kappa shape index (κ1) is 29.0. The summed E-state index contributed by atoms with van der Waals surface area (Å²) >= 11 is 6.63.